The van der Waals surface area contributed by atoms with Gasteiger partial charge in [0, 0.05) is 39.6 Å². The Morgan fingerprint density at radius 3 is 2.57 bits per heavy atom. The molecule has 3 rings (SSSR count). The van der Waals surface area contributed by atoms with Crippen molar-refractivity contribution in [2.24, 2.45) is 0 Å². The zero-order chi connectivity index (χ0) is 16.4. The number of nitrogens with zero attached hydrogens (tertiary/aromatic N) is 5. The molecular formula is C15H19N5O3. The fourth-order valence-corrected chi connectivity index (χ4v) is 3.04. The summed E-state index contributed by atoms with van der Waals surface area (Å²) in [6, 6.07) is 1.80. The van der Waals surface area contributed by atoms with Crippen LogP contribution in [0.25, 0.3) is 0 Å². The number of piperidine rings is 1. The maximum absolute atomic E-state index is 12.8. The van der Waals surface area contributed by atoms with E-state index in [2.05, 4.69) is 10.1 Å². The molecule has 8 nitrogen and oxygen atoms in total. The van der Waals surface area contributed by atoms with Gasteiger partial charge in [0.05, 0.1) is 0 Å². The van der Waals surface area contributed by atoms with E-state index in [1.165, 1.54) is 12.7 Å². The van der Waals surface area contributed by atoms with E-state index in [1.54, 1.807) is 47.0 Å². The van der Waals surface area contributed by atoms with Crippen LogP contribution < -0.4 is 0 Å². The first-order chi connectivity index (χ1) is 11.0. The molecular weight excluding hydrogens is 298 g/mol. The molecule has 0 radical (unpaired) electrons. The van der Waals surface area contributed by atoms with Gasteiger partial charge in [0.15, 0.2) is 12.1 Å². The molecule has 3 heterocycles. The summed E-state index contributed by atoms with van der Waals surface area (Å²) >= 11 is 0. The average molecular weight is 317 g/mol. The molecule has 1 saturated heterocycles. The summed E-state index contributed by atoms with van der Waals surface area (Å²) in [7, 11) is 3.47. The summed E-state index contributed by atoms with van der Waals surface area (Å²) in [6.07, 6.45) is 7.06. The van der Waals surface area contributed by atoms with Crippen molar-refractivity contribution in [2.45, 2.75) is 18.4 Å². The van der Waals surface area contributed by atoms with Crippen LogP contribution in [-0.2, 0) is 10.3 Å². The number of rotatable bonds is 3. The first-order valence-corrected chi connectivity index (χ1v) is 7.44. The standard InChI is InChI=1S/C15H19N5O3/c1-18(2)14(22)15(20-7-3-6-17-20)4-8-19(9-5-15)13(21)12-10-23-11-16-12/h3,6-7,10-11H,4-5,8-9H2,1-2H3. The lowest BCUT2D eigenvalue weighted by atomic mass is 9.86. The van der Waals surface area contributed by atoms with Gasteiger partial charge in [-0.25, -0.2) is 4.98 Å². The van der Waals surface area contributed by atoms with Crippen LogP contribution in [0.15, 0.2) is 35.5 Å². The summed E-state index contributed by atoms with van der Waals surface area (Å²) in [6.45, 7) is 0.927. The highest BCUT2D eigenvalue weighted by Gasteiger charge is 2.45. The third kappa shape index (κ3) is 2.60. The van der Waals surface area contributed by atoms with Crippen LogP contribution >= 0.6 is 0 Å². The molecule has 1 aliphatic heterocycles. The van der Waals surface area contributed by atoms with Gasteiger partial charge in [0.1, 0.15) is 11.8 Å². The zero-order valence-electron chi connectivity index (χ0n) is 13.2. The molecule has 0 unspecified atom stereocenters. The molecule has 122 valence electrons. The molecule has 0 saturated carbocycles. The minimum absolute atomic E-state index is 0.00487. The monoisotopic (exact) mass is 317 g/mol. The minimum atomic E-state index is -0.742. The molecule has 2 aromatic rings. The van der Waals surface area contributed by atoms with Crippen molar-refractivity contribution in [1.82, 2.24) is 24.6 Å². The first kappa shape index (κ1) is 15.3. The number of oxazole rings is 1. The van der Waals surface area contributed by atoms with Crippen molar-refractivity contribution in [3.63, 3.8) is 0 Å². The van der Waals surface area contributed by atoms with Gasteiger partial charge in [-0.15, -0.1) is 0 Å². The van der Waals surface area contributed by atoms with E-state index in [-0.39, 0.29) is 17.5 Å². The van der Waals surface area contributed by atoms with Crippen molar-refractivity contribution in [1.29, 1.82) is 0 Å². The van der Waals surface area contributed by atoms with E-state index in [0.717, 1.165) is 0 Å². The molecule has 0 bridgehead atoms. The number of carbonyl (C=O) groups is 2. The number of likely N-dealkylation sites (N-methyl/N-ethyl adjacent to an activating group) is 1. The number of carbonyl (C=O) groups excluding carboxylic acids is 2. The van der Waals surface area contributed by atoms with Crippen molar-refractivity contribution in [2.75, 3.05) is 27.2 Å². The number of hydrogen-bond donors (Lipinski definition) is 0. The zero-order valence-corrected chi connectivity index (χ0v) is 13.2. The van der Waals surface area contributed by atoms with Gasteiger partial charge < -0.3 is 14.2 Å². The lowest BCUT2D eigenvalue weighted by molar-refractivity contribution is -0.141. The molecule has 1 aliphatic rings. The second-order valence-corrected chi connectivity index (χ2v) is 5.85. The molecule has 0 N–H and O–H groups in total. The SMILES string of the molecule is CN(C)C(=O)C1(n2cccn2)CCN(C(=O)c2cocn2)CC1. The van der Waals surface area contributed by atoms with Crippen LogP contribution in [0.1, 0.15) is 23.3 Å². The first-order valence-electron chi connectivity index (χ1n) is 7.44. The highest BCUT2D eigenvalue weighted by atomic mass is 16.3. The van der Waals surface area contributed by atoms with E-state index in [1.807, 2.05) is 0 Å². The maximum Gasteiger partial charge on any atom is 0.275 e. The topological polar surface area (TPSA) is 84.5 Å². The van der Waals surface area contributed by atoms with Crippen LogP contribution in [0.3, 0.4) is 0 Å². The molecule has 0 atom stereocenters. The highest BCUT2D eigenvalue weighted by molar-refractivity contribution is 5.92. The van der Waals surface area contributed by atoms with Crippen molar-refractivity contribution < 1.29 is 14.0 Å². The maximum atomic E-state index is 12.8. The minimum Gasteiger partial charge on any atom is -0.451 e. The van der Waals surface area contributed by atoms with E-state index in [9.17, 15) is 9.59 Å². The van der Waals surface area contributed by atoms with Gasteiger partial charge in [-0.1, -0.05) is 0 Å². The highest BCUT2D eigenvalue weighted by Crippen LogP contribution is 2.31. The Balaban J connectivity index is 1.81. The molecule has 2 aromatic heterocycles. The third-order valence-corrected chi connectivity index (χ3v) is 4.28. The third-order valence-electron chi connectivity index (χ3n) is 4.28. The van der Waals surface area contributed by atoms with Crippen LogP contribution in [-0.4, -0.2) is 63.6 Å². The van der Waals surface area contributed by atoms with E-state index >= 15 is 0 Å². The van der Waals surface area contributed by atoms with Crippen LogP contribution in [0.5, 0.6) is 0 Å². The molecule has 0 aliphatic carbocycles. The number of amides is 2. The molecule has 0 aromatic carbocycles. The van der Waals surface area contributed by atoms with Crippen LogP contribution in [0.2, 0.25) is 0 Å². The number of aromatic nitrogens is 3. The fourth-order valence-electron chi connectivity index (χ4n) is 3.04. The van der Waals surface area contributed by atoms with E-state index in [0.29, 0.717) is 25.9 Å². The van der Waals surface area contributed by atoms with Gasteiger partial charge >= 0.3 is 0 Å². The van der Waals surface area contributed by atoms with Crippen molar-refractivity contribution in [3.8, 4) is 0 Å². The number of likely N-dealkylation sites (tertiary alicyclic amines) is 1. The molecule has 8 heteroatoms. The number of hydrogen-bond acceptors (Lipinski definition) is 5. The Hall–Kier alpha value is -2.64. The largest absolute Gasteiger partial charge is 0.451 e. The predicted molar refractivity (Wildman–Crippen MR) is 80.5 cm³/mol. The van der Waals surface area contributed by atoms with Crippen LogP contribution in [0.4, 0.5) is 0 Å². The Morgan fingerprint density at radius 1 is 1.30 bits per heavy atom. The second kappa shape index (κ2) is 5.86. The summed E-state index contributed by atoms with van der Waals surface area (Å²) in [5, 5.41) is 4.27. The summed E-state index contributed by atoms with van der Waals surface area (Å²) in [5.41, 5.74) is -0.455. The van der Waals surface area contributed by atoms with Gasteiger partial charge in [-0.3, -0.25) is 14.3 Å². The van der Waals surface area contributed by atoms with Gasteiger partial charge in [-0.2, -0.15) is 5.10 Å². The Kier molecular flexibility index (Phi) is 3.89. The summed E-state index contributed by atoms with van der Waals surface area (Å²) < 4.78 is 6.58. The molecule has 23 heavy (non-hydrogen) atoms. The normalized spacial score (nSPS) is 17.0. The molecule has 0 spiro atoms. The van der Waals surface area contributed by atoms with E-state index in [4.69, 9.17) is 4.42 Å². The predicted octanol–water partition coefficient (Wildman–Crippen LogP) is 0.591. The van der Waals surface area contributed by atoms with Crippen molar-refractivity contribution >= 4 is 11.8 Å². The lowest BCUT2D eigenvalue weighted by Crippen LogP contribution is -2.55. The summed E-state index contributed by atoms with van der Waals surface area (Å²) in [4.78, 5) is 32.3. The molecule has 2 amide bonds. The van der Waals surface area contributed by atoms with Gasteiger partial charge in [0.25, 0.3) is 5.91 Å². The lowest BCUT2D eigenvalue weighted by Gasteiger charge is -2.41. The second-order valence-electron chi connectivity index (χ2n) is 5.85. The molecule has 1 fully saturated rings. The quantitative estimate of drug-likeness (QED) is 0.827. The van der Waals surface area contributed by atoms with Crippen LogP contribution in [0, 0.1) is 0 Å². The van der Waals surface area contributed by atoms with E-state index < -0.39 is 5.54 Å². The smallest absolute Gasteiger partial charge is 0.275 e. The fraction of sp³-hybridized carbons (Fsp3) is 0.467. The Bertz CT molecular complexity index is 670. The van der Waals surface area contributed by atoms with Crippen molar-refractivity contribution in [3.05, 3.63) is 36.8 Å². The summed E-state index contributed by atoms with van der Waals surface area (Å²) in [5.74, 6) is -0.181. The Labute approximate surface area is 133 Å². The van der Waals surface area contributed by atoms with Gasteiger partial charge in [0.2, 0.25) is 5.91 Å². The van der Waals surface area contributed by atoms with Gasteiger partial charge in [-0.05, 0) is 18.9 Å². The Morgan fingerprint density at radius 2 is 2.04 bits per heavy atom. The average Bonchev–Trinajstić information content (AvgIpc) is 3.26.